The number of aromatic nitrogens is 2. The van der Waals surface area contributed by atoms with Crippen LogP contribution in [0.1, 0.15) is 0 Å². The number of benzene rings is 10. The summed E-state index contributed by atoms with van der Waals surface area (Å²) in [6, 6.07) is 81.2. The number of fused-ring (bicyclic) bond motifs is 10. The van der Waals surface area contributed by atoms with Crippen LogP contribution >= 0.6 is 0 Å². The quantitative estimate of drug-likeness (QED) is 0.168. The lowest BCUT2D eigenvalue weighted by Gasteiger charge is -2.28. The maximum Gasteiger partial charge on any atom is 0.143 e. The Morgan fingerprint density at radius 1 is 0.339 bits per heavy atom. The highest BCUT2D eigenvalue weighted by Crippen LogP contribution is 2.44. The second-order valence-corrected chi connectivity index (χ2v) is 16.1. The predicted molar refractivity (Wildman–Crippen MR) is 260 cm³/mol. The molecule has 0 saturated carbocycles. The molecule has 0 fully saturated rings. The standard InChI is InChI=1S/C58H37N3O/c1-2-17-44-38(15-1)16-13-29-52(44)59(40-33-31-39(32-34-40)45-23-14-24-51-50-22-7-12-30-57(50)62-58(45)51)41-35-42(60-53-25-8-3-18-46(53)47-19-4-9-26-54(47)60)37-43(36-41)61-55-27-10-5-20-48(55)49-21-6-11-28-56(49)61/h1-37H. The highest BCUT2D eigenvalue weighted by molar-refractivity contribution is 6.12. The molecule has 13 aromatic rings. The van der Waals surface area contributed by atoms with Crippen LogP contribution in [0.5, 0.6) is 0 Å². The maximum absolute atomic E-state index is 6.51. The van der Waals surface area contributed by atoms with E-state index in [1.807, 2.05) is 12.1 Å². The average Bonchev–Trinajstić information content (AvgIpc) is 4.00. The van der Waals surface area contributed by atoms with E-state index >= 15 is 0 Å². The molecule has 0 saturated heterocycles. The molecule has 10 aromatic carbocycles. The lowest BCUT2D eigenvalue weighted by molar-refractivity contribution is 0.670. The molecule has 4 nitrogen and oxygen atoms in total. The Bertz CT molecular complexity index is 3640. The fourth-order valence-corrected chi connectivity index (χ4v) is 9.96. The second kappa shape index (κ2) is 13.6. The Morgan fingerprint density at radius 2 is 0.806 bits per heavy atom. The predicted octanol–water partition coefficient (Wildman–Crippen LogP) is 16.1. The zero-order chi connectivity index (χ0) is 40.7. The lowest BCUT2D eigenvalue weighted by Crippen LogP contribution is -2.12. The van der Waals surface area contributed by atoms with Gasteiger partial charge < -0.3 is 18.5 Å². The number of furan rings is 1. The first kappa shape index (κ1) is 34.5. The molecule has 3 aromatic heterocycles. The van der Waals surface area contributed by atoms with Crippen molar-refractivity contribution in [2.24, 2.45) is 0 Å². The molecule has 0 aliphatic carbocycles. The first-order chi connectivity index (χ1) is 30.8. The minimum absolute atomic E-state index is 0.899. The van der Waals surface area contributed by atoms with Crippen LogP contribution < -0.4 is 4.90 Å². The van der Waals surface area contributed by atoms with Crippen molar-refractivity contribution in [3.8, 4) is 22.5 Å². The van der Waals surface area contributed by atoms with Crippen LogP contribution in [0.3, 0.4) is 0 Å². The van der Waals surface area contributed by atoms with Gasteiger partial charge in [-0.2, -0.15) is 0 Å². The number of rotatable bonds is 6. The van der Waals surface area contributed by atoms with Gasteiger partial charge in [0, 0.05) is 49.0 Å². The SMILES string of the molecule is c1ccc2c(N(c3ccc(-c4cccc5c4oc4ccccc45)cc3)c3cc(-n4c5ccccc5c5ccccc54)cc(-n4c5ccccc5c5ccccc54)c3)cccc2c1. The van der Waals surface area contributed by atoms with Crippen molar-refractivity contribution in [3.05, 3.63) is 224 Å². The van der Waals surface area contributed by atoms with Crippen molar-refractivity contribution in [3.63, 3.8) is 0 Å². The van der Waals surface area contributed by atoms with Gasteiger partial charge in [-0.25, -0.2) is 0 Å². The van der Waals surface area contributed by atoms with Crippen LogP contribution in [0, 0.1) is 0 Å². The van der Waals surface area contributed by atoms with Gasteiger partial charge in [-0.15, -0.1) is 0 Å². The molecule has 3 heterocycles. The molecule has 0 bridgehead atoms. The minimum atomic E-state index is 0.899. The van der Waals surface area contributed by atoms with Gasteiger partial charge in [0.25, 0.3) is 0 Å². The molecule has 0 atom stereocenters. The smallest absolute Gasteiger partial charge is 0.143 e. The number of anilines is 3. The minimum Gasteiger partial charge on any atom is -0.455 e. The summed E-state index contributed by atoms with van der Waals surface area (Å²) in [7, 11) is 0. The zero-order valence-electron chi connectivity index (χ0n) is 33.6. The highest BCUT2D eigenvalue weighted by Gasteiger charge is 2.22. The van der Waals surface area contributed by atoms with Crippen LogP contribution in [-0.2, 0) is 0 Å². The second-order valence-electron chi connectivity index (χ2n) is 16.1. The Hall–Kier alpha value is -8.34. The van der Waals surface area contributed by atoms with E-state index in [1.165, 1.54) is 54.4 Å². The summed E-state index contributed by atoms with van der Waals surface area (Å²) in [5.74, 6) is 0. The van der Waals surface area contributed by atoms with Gasteiger partial charge in [0.1, 0.15) is 11.2 Å². The normalized spacial score (nSPS) is 11.9. The van der Waals surface area contributed by atoms with E-state index in [0.717, 1.165) is 61.5 Å². The summed E-state index contributed by atoms with van der Waals surface area (Å²) in [5.41, 5.74) is 14.0. The van der Waals surface area contributed by atoms with Crippen molar-refractivity contribution in [1.29, 1.82) is 0 Å². The zero-order valence-corrected chi connectivity index (χ0v) is 33.6. The number of para-hydroxylation sites is 6. The van der Waals surface area contributed by atoms with Crippen molar-refractivity contribution < 1.29 is 4.42 Å². The van der Waals surface area contributed by atoms with Crippen molar-refractivity contribution in [2.75, 3.05) is 4.90 Å². The fourth-order valence-electron chi connectivity index (χ4n) is 9.96. The third kappa shape index (κ3) is 5.20. The summed E-state index contributed by atoms with van der Waals surface area (Å²) in [6.45, 7) is 0. The molecule has 13 rings (SSSR count). The summed E-state index contributed by atoms with van der Waals surface area (Å²) >= 11 is 0. The van der Waals surface area contributed by atoms with Gasteiger partial charge in [0.15, 0.2) is 0 Å². The van der Waals surface area contributed by atoms with Crippen LogP contribution in [0.15, 0.2) is 229 Å². The fraction of sp³-hybridized carbons (Fsp3) is 0. The largest absolute Gasteiger partial charge is 0.455 e. The van der Waals surface area contributed by atoms with E-state index in [2.05, 4.69) is 226 Å². The molecular weight excluding hydrogens is 755 g/mol. The Kier molecular flexibility index (Phi) is 7.57. The average molecular weight is 792 g/mol. The molecule has 4 heteroatoms. The Balaban J connectivity index is 1.09. The molecule has 62 heavy (non-hydrogen) atoms. The molecule has 290 valence electrons. The Morgan fingerprint density at radius 3 is 1.40 bits per heavy atom. The van der Waals surface area contributed by atoms with Gasteiger partial charge >= 0.3 is 0 Å². The van der Waals surface area contributed by atoms with Crippen molar-refractivity contribution >= 4 is 93.4 Å². The molecule has 0 aliphatic heterocycles. The number of nitrogens with zero attached hydrogens (tertiary/aromatic N) is 3. The highest BCUT2D eigenvalue weighted by atomic mass is 16.3. The van der Waals surface area contributed by atoms with E-state index < -0.39 is 0 Å². The molecule has 0 N–H and O–H groups in total. The van der Waals surface area contributed by atoms with Crippen molar-refractivity contribution in [1.82, 2.24) is 9.13 Å². The first-order valence-electron chi connectivity index (χ1n) is 21.2. The maximum atomic E-state index is 6.51. The van der Waals surface area contributed by atoms with E-state index in [0.29, 0.717) is 0 Å². The van der Waals surface area contributed by atoms with Crippen LogP contribution in [0.4, 0.5) is 17.1 Å². The van der Waals surface area contributed by atoms with Gasteiger partial charge in [0.2, 0.25) is 0 Å². The van der Waals surface area contributed by atoms with Gasteiger partial charge in [-0.1, -0.05) is 158 Å². The van der Waals surface area contributed by atoms with Crippen molar-refractivity contribution in [2.45, 2.75) is 0 Å². The molecule has 0 spiro atoms. The molecule has 0 unspecified atom stereocenters. The summed E-state index contributed by atoms with van der Waals surface area (Å²) in [6.07, 6.45) is 0. The van der Waals surface area contributed by atoms with E-state index in [-0.39, 0.29) is 0 Å². The van der Waals surface area contributed by atoms with Crippen LogP contribution in [-0.4, -0.2) is 9.13 Å². The van der Waals surface area contributed by atoms with Gasteiger partial charge in [-0.05, 0) is 77.7 Å². The monoisotopic (exact) mass is 791 g/mol. The van der Waals surface area contributed by atoms with Gasteiger partial charge in [0.05, 0.1) is 44.8 Å². The molecule has 0 radical (unpaired) electrons. The molecular formula is C58H37N3O. The first-order valence-corrected chi connectivity index (χ1v) is 21.2. The van der Waals surface area contributed by atoms with Gasteiger partial charge in [-0.3, -0.25) is 0 Å². The lowest BCUT2D eigenvalue weighted by atomic mass is 10.0. The summed E-state index contributed by atoms with van der Waals surface area (Å²) in [4.78, 5) is 2.43. The summed E-state index contributed by atoms with van der Waals surface area (Å²) in [5, 5.41) is 9.53. The van der Waals surface area contributed by atoms with E-state index in [9.17, 15) is 0 Å². The number of hydrogen-bond donors (Lipinski definition) is 0. The third-order valence-electron chi connectivity index (χ3n) is 12.7. The topological polar surface area (TPSA) is 26.2 Å². The third-order valence-corrected chi connectivity index (χ3v) is 12.7. The Labute approximate surface area is 357 Å². The van der Waals surface area contributed by atoms with Crippen LogP contribution in [0.2, 0.25) is 0 Å². The molecule has 0 aliphatic rings. The summed E-state index contributed by atoms with van der Waals surface area (Å²) < 4.78 is 11.4. The number of hydrogen-bond acceptors (Lipinski definition) is 2. The van der Waals surface area contributed by atoms with E-state index in [1.54, 1.807) is 0 Å². The molecule has 0 amide bonds. The van der Waals surface area contributed by atoms with E-state index in [4.69, 9.17) is 4.42 Å². The van der Waals surface area contributed by atoms with Crippen LogP contribution in [0.25, 0.3) is 98.8 Å².